The molecule has 0 aromatic carbocycles. The van der Waals surface area contributed by atoms with Gasteiger partial charge in [-0.05, 0) is 25.7 Å². The molecule has 0 fully saturated rings. The number of carbonyl (C=O) groups is 2. The molecule has 0 radical (unpaired) electrons. The Balaban J connectivity index is 2.89. The zero-order valence-electron chi connectivity index (χ0n) is 13.8. The minimum atomic E-state index is -0.514. The first kappa shape index (κ1) is 18.3. The van der Waals surface area contributed by atoms with Crippen LogP contribution in [0, 0.1) is 16.7 Å². The van der Waals surface area contributed by atoms with Gasteiger partial charge in [0.2, 0.25) is 5.91 Å². The van der Waals surface area contributed by atoms with Gasteiger partial charge in [0, 0.05) is 30.9 Å². The number of nitrogens with zero attached hydrogens (tertiary/aromatic N) is 1. The van der Waals surface area contributed by atoms with E-state index in [4.69, 9.17) is 4.74 Å². The monoisotopic (exact) mass is 310 g/mol. The Labute approximate surface area is 131 Å². The number of hydrogen-bond acceptors (Lipinski definition) is 5. The summed E-state index contributed by atoms with van der Waals surface area (Å²) in [5, 5.41) is 6.14. The van der Waals surface area contributed by atoms with Gasteiger partial charge in [-0.2, -0.15) is 4.91 Å². The molecule has 0 bridgehead atoms. The summed E-state index contributed by atoms with van der Waals surface area (Å²) in [7, 11) is 0. The largest absolute Gasteiger partial charge is 0.463 e. The molecule has 1 amide bonds. The second kappa shape index (κ2) is 8.66. The third kappa shape index (κ3) is 5.24. The summed E-state index contributed by atoms with van der Waals surface area (Å²) < 4.78 is 4.98. The molecule has 0 heterocycles. The van der Waals surface area contributed by atoms with Gasteiger partial charge in [0.1, 0.15) is 6.04 Å². The van der Waals surface area contributed by atoms with E-state index in [2.05, 4.69) is 24.3 Å². The first-order valence-electron chi connectivity index (χ1n) is 7.84. The van der Waals surface area contributed by atoms with Crippen molar-refractivity contribution in [3.63, 3.8) is 0 Å². The highest BCUT2D eigenvalue weighted by molar-refractivity contribution is 5.88. The zero-order chi connectivity index (χ0) is 16.7. The average Bonchev–Trinajstić information content (AvgIpc) is 2.45. The summed E-state index contributed by atoms with van der Waals surface area (Å²) in [4.78, 5) is 34.4. The van der Waals surface area contributed by atoms with Crippen molar-refractivity contribution < 1.29 is 14.3 Å². The number of hydrogen-bond donors (Lipinski definition) is 1. The van der Waals surface area contributed by atoms with Crippen molar-refractivity contribution in [1.29, 1.82) is 0 Å². The molecule has 1 aliphatic carbocycles. The Morgan fingerprint density at radius 1 is 1.45 bits per heavy atom. The van der Waals surface area contributed by atoms with Crippen molar-refractivity contribution in [2.75, 3.05) is 6.61 Å². The van der Waals surface area contributed by atoms with E-state index in [1.165, 1.54) is 6.92 Å². The molecule has 3 atom stereocenters. The molecular weight excluding hydrogens is 284 g/mol. The summed E-state index contributed by atoms with van der Waals surface area (Å²) in [5.41, 5.74) is 0.508. The van der Waals surface area contributed by atoms with Crippen LogP contribution in [0.1, 0.15) is 47.0 Å². The van der Waals surface area contributed by atoms with E-state index in [1.54, 1.807) is 6.92 Å². The van der Waals surface area contributed by atoms with Crippen LogP contribution in [-0.4, -0.2) is 30.6 Å². The molecule has 0 aromatic rings. The Bertz CT molecular complexity index is 445. The van der Waals surface area contributed by atoms with Crippen LogP contribution in [0.4, 0.5) is 0 Å². The van der Waals surface area contributed by atoms with E-state index in [0.29, 0.717) is 24.5 Å². The van der Waals surface area contributed by atoms with Crippen molar-refractivity contribution in [3.8, 4) is 0 Å². The van der Waals surface area contributed by atoms with Crippen molar-refractivity contribution in [3.05, 3.63) is 16.6 Å². The molecule has 0 saturated carbocycles. The van der Waals surface area contributed by atoms with Crippen LogP contribution in [0.25, 0.3) is 0 Å². The van der Waals surface area contributed by atoms with E-state index >= 15 is 0 Å². The number of ether oxygens (including phenoxy) is 1. The molecule has 22 heavy (non-hydrogen) atoms. The molecule has 0 saturated heterocycles. The molecule has 6 nitrogen and oxygen atoms in total. The Kier molecular flexibility index (Phi) is 7.21. The number of rotatable bonds is 7. The van der Waals surface area contributed by atoms with Gasteiger partial charge < -0.3 is 10.1 Å². The van der Waals surface area contributed by atoms with Gasteiger partial charge in [-0.15, -0.1) is 0 Å². The first-order valence-corrected chi connectivity index (χ1v) is 7.84. The lowest BCUT2D eigenvalue weighted by molar-refractivity contribution is -0.139. The molecule has 6 heteroatoms. The fourth-order valence-corrected chi connectivity index (χ4v) is 2.94. The first-order chi connectivity index (χ1) is 10.4. The maximum Gasteiger partial charge on any atom is 0.333 e. The van der Waals surface area contributed by atoms with Gasteiger partial charge in [-0.25, -0.2) is 4.79 Å². The number of nitroso groups, excluding NO2 is 1. The summed E-state index contributed by atoms with van der Waals surface area (Å²) in [6.07, 6.45) is 3.42. The van der Waals surface area contributed by atoms with Gasteiger partial charge >= 0.3 is 5.97 Å². The zero-order valence-corrected chi connectivity index (χ0v) is 13.8. The normalized spacial score (nSPS) is 22.7. The van der Waals surface area contributed by atoms with E-state index < -0.39 is 6.04 Å². The molecule has 0 spiro atoms. The van der Waals surface area contributed by atoms with Crippen LogP contribution in [0.3, 0.4) is 0 Å². The van der Waals surface area contributed by atoms with Crippen LogP contribution in [0.2, 0.25) is 0 Å². The van der Waals surface area contributed by atoms with Crippen LogP contribution in [-0.2, 0) is 14.3 Å². The molecule has 1 rings (SSSR count). The van der Waals surface area contributed by atoms with Crippen molar-refractivity contribution in [2.24, 2.45) is 17.0 Å². The fraction of sp³-hybridized carbons (Fsp3) is 0.750. The average molecular weight is 310 g/mol. The highest BCUT2D eigenvalue weighted by atomic mass is 16.5. The lowest BCUT2D eigenvalue weighted by atomic mass is 9.78. The van der Waals surface area contributed by atoms with Crippen LogP contribution in [0.5, 0.6) is 0 Å². The van der Waals surface area contributed by atoms with E-state index in [0.717, 1.165) is 6.42 Å². The SMILES string of the molecule is CCOC(=O)C1=CCC([C@H](CC(C)C)NC(C)=O)C(N=O)C1. The topological polar surface area (TPSA) is 84.8 Å². The smallest absolute Gasteiger partial charge is 0.333 e. The minimum absolute atomic E-state index is 0.0815. The lowest BCUT2D eigenvalue weighted by Crippen LogP contribution is -2.45. The van der Waals surface area contributed by atoms with Crippen LogP contribution >= 0.6 is 0 Å². The Morgan fingerprint density at radius 2 is 2.14 bits per heavy atom. The van der Waals surface area contributed by atoms with Crippen molar-refractivity contribution >= 4 is 11.9 Å². The predicted octanol–water partition coefficient (Wildman–Crippen LogP) is 2.57. The van der Waals surface area contributed by atoms with E-state index in [9.17, 15) is 14.5 Å². The lowest BCUT2D eigenvalue weighted by Gasteiger charge is -2.34. The molecule has 2 unspecified atom stereocenters. The quantitative estimate of drug-likeness (QED) is 0.578. The fourth-order valence-electron chi connectivity index (χ4n) is 2.94. The number of allylic oxidation sites excluding steroid dienone is 1. The van der Waals surface area contributed by atoms with Gasteiger partial charge in [0.15, 0.2) is 0 Å². The van der Waals surface area contributed by atoms with Gasteiger partial charge in [-0.1, -0.05) is 25.1 Å². The summed E-state index contributed by atoms with van der Waals surface area (Å²) in [6, 6.07) is -0.625. The third-order valence-corrected chi connectivity index (χ3v) is 3.86. The van der Waals surface area contributed by atoms with Crippen molar-refractivity contribution in [2.45, 2.75) is 59.0 Å². The van der Waals surface area contributed by atoms with Gasteiger partial charge in [0.05, 0.1) is 6.61 Å². The minimum Gasteiger partial charge on any atom is -0.463 e. The maximum absolute atomic E-state index is 11.8. The maximum atomic E-state index is 11.8. The van der Waals surface area contributed by atoms with Crippen molar-refractivity contribution in [1.82, 2.24) is 5.32 Å². The summed E-state index contributed by atoms with van der Waals surface area (Å²) in [6.45, 7) is 7.66. The number of esters is 1. The van der Waals surface area contributed by atoms with Gasteiger partial charge in [-0.3, -0.25) is 4.79 Å². The third-order valence-electron chi connectivity index (χ3n) is 3.86. The van der Waals surface area contributed by atoms with Crippen LogP contribution in [0.15, 0.2) is 16.8 Å². The summed E-state index contributed by atoms with van der Waals surface area (Å²) >= 11 is 0. The van der Waals surface area contributed by atoms with E-state index in [-0.39, 0.29) is 30.3 Å². The van der Waals surface area contributed by atoms with E-state index in [1.807, 2.05) is 6.08 Å². The Hall–Kier alpha value is -1.72. The molecule has 0 aromatic heterocycles. The highest BCUT2D eigenvalue weighted by Crippen LogP contribution is 2.32. The molecular formula is C16H26N2O4. The van der Waals surface area contributed by atoms with Crippen LogP contribution < -0.4 is 5.32 Å². The molecule has 1 N–H and O–H groups in total. The molecule has 124 valence electrons. The highest BCUT2D eigenvalue weighted by Gasteiger charge is 2.35. The second-order valence-corrected chi connectivity index (χ2v) is 6.16. The summed E-state index contributed by atoms with van der Waals surface area (Å²) in [5.74, 6) is -0.188. The molecule has 0 aliphatic heterocycles. The number of carbonyl (C=O) groups excluding carboxylic acids is 2. The standard InChI is InChI=1S/C16H26N2O4/c1-5-22-16(20)12-6-7-13(15(9-12)18-21)14(8-10(2)3)17-11(4)19/h6,10,13-15H,5,7-9H2,1-4H3,(H,17,19)/t13?,14-,15?/m0/s1. The number of nitrogens with one attached hydrogen (secondary N) is 1. The van der Waals surface area contributed by atoms with Gasteiger partial charge in [0.25, 0.3) is 0 Å². The second-order valence-electron chi connectivity index (χ2n) is 6.16. The molecule has 1 aliphatic rings. The predicted molar refractivity (Wildman–Crippen MR) is 84.1 cm³/mol. The Morgan fingerprint density at radius 3 is 2.64 bits per heavy atom. The number of amides is 1.